The summed E-state index contributed by atoms with van der Waals surface area (Å²) in [6, 6.07) is 15.9. The van der Waals surface area contributed by atoms with Crippen LogP contribution in [-0.2, 0) is 11.2 Å². The first kappa shape index (κ1) is 24.4. The predicted molar refractivity (Wildman–Crippen MR) is 131 cm³/mol. The highest BCUT2D eigenvalue weighted by molar-refractivity contribution is 5.94. The first-order chi connectivity index (χ1) is 16.5. The Bertz CT molecular complexity index is 987. The number of nitrogens with one attached hydrogen (secondary N) is 1. The van der Waals surface area contributed by atoms with E-state index >= 15 is 0 Å². The van der Waals surface area contributed by atoms with E-state index in [1.165, 1.54) is 12.1 Å². The van der Waals surface area contributed by atoms with Gasteiger partial charge in [-0.3, -0.25) is 14.9 Å². The molecule has 2 aromatic rings. The molecule has 2 aromatic carbocycles. The molecule has 2 amide bonds. The summed E-state index contributed by atoms with van der Waals surface area (Å²) >= 11 is 0. The van der Waals surface area contributed by atoms with E-state index < -0.39 is 11.5 Å². The Balaban J connectivity index is 1.50. The molecule has 2 aliphatic rings. The van der Waals surface area contributed by atoms with Crippen LogP contribution in [0.15, 0.2) is 54.6 Å². The van der Waals surface area contributed by atoms with Gasteiger partial charge in [0, 0.05) is 39.0 Å². The van der Waals surface area contributed by atoms with Crippen molar-refractivity contribution >= 4 is 11.8 Å². The average molecular weight is 467 g/mol. The highest BCUT2D eigenvalue weighted by Gasteiger charge is 2.51. The van der Waals surface area contributed by atoms with Crippen molar-refractivity contribution in [1.29, 1.82) is 0 Å². The minimum atomic E-state index is -0.495. The van der Waals surface area contributed by atoms with Crippen molar-refractivity contribution in [2.24, 2.45) is 0 Å². The Morgan fingerprint density at radius 2 is 1.71 bits per heavy atom. The molecule has 1 atom stereocenters. The number of benzene rings is 2. The standard InChI is InChI=1S/C27H35FN4O2/c1-3-30(4-2)18-19-32-26(34)24(20-21-10-6-5-7-11-21)29-27(32)14-16-31(17-15-27)25(33)22-12-8-9-13-23(22)28/h5-13,24,29H,3-4,14-20H2,1-2H3/t24-/m0/s1. The number of carbonyl (C=O) groups is 2. The molecule has 2 saturated heterocycles. The molecule has 0 aromatic heterocycles. The first-order valence-corrected chi connectivity index (χ1v) is 12.4. The van der Waals surface area contributed by atoms with Crippen molar-refractivity contribution in [1.82, 2.24) is 20.0 Å². The van der Waals surface area contributed by atoms with Crippen molar-refractivity contribution in [3.63, 3.8) is 0 Å². The summed E-state index contributed by atoms with van der Waals surface area (Å²) in [6.07, 6.45) is 1.89. The summed E-state index contributed by atoms with van der Waals surface area (Å²) in [5.74, 6) is -0.650. The minimum absolute atomic E-state index is 0.106. The second-order valence-electron chi connectivity index (χ2n) is 9.21. The Labute approximate surface area is 201 Å². The van der Waals surface area contributed by atoms with Gasteiger partial charge in [0.2, 0.25) is 5.91 Å². The number of piperidine rings is 1. The van der Waals surface area contributed by atoms with Crippen LogP contribution in [0.4, 0.5) is 4.39 Å². The molecule has 0 aliphatic carbocycles. The number of nitrogens with zero attached hydrogens (tertiary/aromatic N) is 3. The van der Waals surface area contributed by atoms with Gasteiger partial charge in [-0.2, -0.15) is 0 Å². The van der Waals surface area contributed by atoms with E-state index in [0.29, 0.717) is 38.9 Å². The highest BCUT2D eigenvalue weighted by Crippen LogP contribution is 2.34. The fraction of sp³-hybridized carbons (Fsp3) is 0.481. The first-order valence-electron chi connectivity index (χ1n) is 12.4. The van der Waals surface area contributed by atoms with Gasteiger partial charge in [-0.15, -0.1) is 0 Å². The van der Waals surface area contributed by atoms with Crippen LogP contribution in [0.2, 0.25) is 0 Å². The van der Waals surface area contributed by atoms with E-state index in [-0.39, 0.29) is 23.4 Å². The van der Waals surface area contributed by atoms with Gasteiger partial charge in [-0.05, 0) is 37.2 Å². The average Bonchev–Trinajstić information content (AvgIpc) is 3.10. The molecule has 4 rings (SSSR count). The van der Waals surface area contributed by atoms with Crippen LogP contribution in [0.5, 0.6) is 0 Å². The molecule has 2 aliphatic heterocycles. The quantitative estimate of drug-likeness (QED) is 0.650. The Kier molecular flexibility index (Phi) is 7.63. The van der Waals surface area contributed by atoms with Crippen molar-refractivity contribution in [2.45, 2.75) is 44.8 Å². The van der Waals surface area contributed by atoms with Gasteiger partial charge in [-0.25, -0.2) is 4.39 Å². The molecule has 1 N–H and O–H groups in total. The van der Waals surface area contributed by atoms with E-state index in [1.807, 2.05) is 23.1 Å². The van der Waals surface area contributed by atoms with Gasteiger partial charge in [0.25, 0.3) is 5.91 Å². The van der Waals surface area contributed by atoms with Crippen LogP contribution < -0.4 is 5.32 Å². The van der Waals surface area contributed by atoms with Crippen molar-refractivity contribution < 1.29 is 14.0 Å². The molecular formula is C27H35FN4O2. The SMILES string of the molecule is CCN(CC)CCN1C(=O)[C@H](Cc2ccccc2)NC12CCN(C(=O)c1ccccc1F)CC2. The molecule has 0 unspecified atom stereocenters. The summed E-state index contributed by atoms with van der Waals surface area (Å²) in [7, 11) is 0. The van der Waals surface area contributed by atoms with E-state index in [9.17, 15) is 14.0 Å². The molecule has 0 bridgehead atoms. The number of halogens is 1. The summed E-state index contributed by atoms with van der Waals surface area (Å²) in [5, 5.41) is 3.67. The monoisotopic (exact) mass is 466 g/mol. The Hall–Kier alpha value is -2.77. The molecule has 0 radical (unpaired) electrons. The number of rotatable bonds is 8. The maximum atomic E-state index is 14.2. The second-order valence-corrected chi connectivity index (χ2v) is 9.21. The lowest BCUT2D eigenvalue weighted by Gasteiger charge is -2.45. The van der Waals surface area contributed by atoms with E-state index in [4.69, 9.17) is 0 Å². The topological polar surface area (TPSA) is 55.9 Å². The second kappa shape index (κ2) is 10.7. The van der Waals surface area contributed by atoms with Crippen LogP contribution in [-0.4, -0.2) is 77.5 Å². The zero-order valence-corrected chi connectivity index (χ0v) is 20.2. The molecule has 7 heteroatoms. The highest BCUT2D eigenvalue weighted by atomic mass is 19.1. The van der Waals surface area contributed by atoms with Crippen molar-refractivity contribution in [3.05, 3.63) is 71.5 Å². The number of likely N-dealkylation sites (N-methyl/N-ethyl adjacent to an activating group) is 1. The van der Waals surface area contributed by atoms with Crippen molar-refractivity contribution in [3.8, 4) is 0 Å². The molecule has 2 fully saturated rings. The molecule has 34 heavy (non-hydrogen) atoms. The zero-order chi connectivity index (χ0) is 24.1. The Morgan fingerprint density at radius 3 is 2.35 bits per heavy atom. The van der Waals surface area contributed by atoms with Gasteiger partial charge in [0.1, 0.15) is 5.82 Å². The van der Waals surface area contributed by atoms with Gasteiger partial charge >= 0.3 is 0 Å². The number of hydrogen-bond donors (Lipinski definition) is 1. The molecular weight excluding hydrogens is 431 g/mol. The summed E-state index contributed by atoms with van der Waals surface area (Å²) < 4.78 is 14.2. The number of carbonyl (C=O) groups excluding carboxylic acids is 2. The fourth-order valence-corrected chi connectivity index (χ4v) is 5.26. The van der Waals surface area contributed by atoms with Gasteiger partial charge in [0.15, 0.2) is 0 Å². The number of likely N-dealkylation sites (tertiary alicyclic amines) is 1. The lowest BCUT2D eigenvalue weighted by molar-refractivity contribution is -0.133. The van der Waals surface area contributed by atoms with E-state index in [2.05, 4.69) is 36.2 Å². The molecule has 2 heterocycles. The summed E-state index contributed by atoms with van der Waals surface area (Å²) in [5.41, 5.74) is 0.755. The third-order valence-electron chi connectivity index (χ3n) is 7.32. The smallest absolute Gasteiger partial charge is 0.256 e. The van der Waals surface area contributed by atoms with Gasteiger partial charge in [0.05, 0.1) is 17.3 Å². The molecule has 182 valence electrons. The maximum absolute atomic E-state index is 14.2. The van der Waals surface area contributed by atoms with Crippen LogP contribution in [0.25, 0.3) is 0 Å². The Morgan fingerprint density at radius 1 is 1.06 bits per heavy atom. The summed E-state index contributed by atoms with van der Waals surface area (Å²) in [4.78, 5) is 32.6. The number of amides is 2. The zero-order valence-electron chi connectivity index (χ0n) is 20.2. The minimum Gasteiger partial charge on any atom is -0.338 e. The largest absolute Gasteiger partial charge is 0.338 e. The predicted octanol–water partition coefficient (Wildman–Crippen LogP) is 3.14. The third kappa shape index (κ3) is 5.00. The lowest BCUT2D eigenvalue weighted by Crippen LogP contribution is -2.60. The van der Waals surface area contributed by atoms with Crippen LogP contribution in [0.1, 0.15) is 42.6 Å². The third-order valence-corrected chi connectivity index (χ3v) is 7.32. The molecule has 6 nitrogen and oxygen atoms in total. The normalized spacial score (nSPS) is 19.9. The lowest BCUT2D eigenvalue weighted by atomic mass is 9.95. The van der Waals surface area contributed by atoms with Gasteiger partial charge < -0.3 is 14.7 Å². The molecule has 1 spiro atoms. The van der Waals surface area contributed by atoms with E-state index in [1.54, 1.807) is 17.0 Å². The van der Waals surface area contributed by atoms with E-state index in [0.717, 1.165) is 25.2 Å². The number of hydrogen-bond acceptors (Lipinski definition) is 4. The fourth-order valence-electron chi connectivity index (χ4n) is 5.26. The maximum Gasteiger partial charge on any atom is 0.256 e. The molecule has 0 saturated carbocycles. The van der Waals surface area contributed by atoms with Crippen LogP contribution in [0.3, 0.4) is 0 Å². The van der Waals surface area contributed by atoms with Crippen LogP contribution in [0, 0.1) is 5.82 Å². The van der Waals surface area contributed by atoms with Crippen LogP contribution >= 0.6 is 0 Å². The van der Waals surface area contributed by atoms with Crippen molar-refractivity contribution in [2.75, 3.05) is 39.3 Å². The summed E-state index contributed by atoms with van der Waals surface area (Å²) in [6.45, 7) is 8.58. The van der Waals surface area contributed by atoms with Gasteiger partial charge in [-0.1, -0.05) is 56.3 Å².